The van der Waals surface area contributed by atoms with Gasteiger partial charge in [0.05, 0.1) is 6.61 Å². The van der Waals surface area contributed by atoms with Gasteiger partial charge in [-0.15, -0.1) is 5.10 Å². The van der Waals surface area contributed by atoms with Crippen LogP contribution in [0.5, 0.6) is 0 Å². The molecule has 1 aliphatic heterocycles. The molecular weight excluding hydrogens is 432 g/mol. The summed E-state index contributed by atoms with van der Waals surface area (Å²) in [5, 5.41) is 38.0. The Balaban J connectivity index is 2.09. The number of benzene rings is 1. The number of aliphatic hydroxyl groups is 3. The van der Waals surface area contributed by atoms with Crippen LogP contribution in [0.3, 0.4) is 0 Å². The van der Waals surface area contributed by atoms with Crippen molar-refractivity contribution in [2.24, 2.45) is 0 Å². The topological polar surface area (TPSA) is 122 Å². The van der Waals surface area contributed by atoms with E-state index in [9.17, 15) is 20.1 Å². The van der Waals surface area contributed by atoms with E-state index in [1.165, 1.54) is 11.6 Å². The largest absolute Gasteiger partial charge is 0.394 e. The maximum atomic E-state index is 11.8. The van der Waals surface area contributed by atoms with Gasteiger partial charge in [-0.1, -0.05) is 49.6 Å². The summed E-state index contributed by atoms with van der Waals surface area (Å²) in [6.45, 7) is 5.60. The van der Waals surface area contributed by atoms with Gasteiger partial charge in [-0.2, -0.15) is 0 Å². The molecule has 32 heavy (non-hydrogen) atoms. The van der Waals surface area contributed by atoms with E-state index in [1.54, 1.807) is 0 Å². The van der Waals surface area contributed by atoms with Gasteiger partial charge in [-0.3, -0.25) is 9.36 Å². The molecule has 0 spiro atoms. The number of unbranched alkanes of at least 4 members (excludes halogenated alkanes) is 2. The predicted molar refractivity (Wildman–Crippen MR) is 121 cm³/mol. The van der Waals surface area contributed by atoms with E-state index in [-0.39, 0.29) is 0 Å². The van der Waals surface area contributed by atoms with E-state index in [0.29, 0.717) is 17.1 Å². The molecule has 1 aromatic carbocycles. The maximum absolute atomic E-state index is 11.8. The first-order chi connectivity index (χ1) is 15.3. The van der Waals surface area contributed by atoms with E-state index in [4.69, 9.17) is 22.1 Å². The van der Waals surface area contributed by atoms with Crippen LogP contribution < -0.4 is 5.32 Å². The summed E-state index contributed by atoms with van der Waals surface area (Å²) in [7, 11) is 0. The first kappa shape index (κ1) is 24.5. The van der Waals surface area contributed by atoms with Crippen molar-refractivity contribution in [3.8, 4) is 11.4 Å². The molecule has 2 heterocycles. The second-order valence-corrected chi connectivity index (χ2v) is 8.60. The van der Waals surface area contributed by atoms with Gasteiger partial charge in [-0.25, -0.2) is 4.68 Å². The molecule has 1 amide bonds. The minimum atomic E-state index is -1.37. The van der Waals surface area contributed by atoms with E-state index in [1.807, 2.05) is 35.8 Å². The van der Waals surface area contributed by atoms with Gasteiger partial charge < -0.3 is 25.4 Å². The molecule has 2 aromatic rings. The van der Waals surface area contributed by atoms with Crippen molar-refractivity contribution >= 4 is 18.1 Å². The lowest BCUT2D eigenvalue weighted by Gasteiger charge is -2.42. The van der Waals surface area contributed by atoms with Gasteiger partial charge in [0.25, 0.3) is 0 Å². The summed E-state index contributed by atoms with van der Waals surface area (Å²) >= 11 is 5.74. The Hall–Kier alpha value is -2.11. The molecule has 0 aliphatic carbocycles. The van der Waals surface area contributed by atoms with Crippen LogP contribution in [-0.4, -0.2) is 66.5 Å². The molecule has 4 N–H and O–H groups in total. The SMILES string of the molecule is CCCCCn1c(-c2ccc(C)cc2)nn([C@@H]2O[C@H](CO)[C@H](O)[C@H](O)[C@@H]2NC(C)=O)c1=S. The summed E-state index contributed by atoms with van der Waals surface area (Å²) in [5.41, 5.74) is 2.00. The van der Waals surface area contributed by atoms with Crippen molar-refractivity contribution in [3.05, 3.63) is 34.6 Å². The molecule has 1 aliphatic rings. The third kappa shape index (κ3) is 5.10. The fraction of sp³-hybridized carbons (Fsp3) is 0.591. The van der Waals surface area contributed by atoms with Crippen LogP contribution in [0, 0.1) is 11.7 Å². The van der Waals surface area contributed by atoms with Crippen LogP contribution in [-0.2, 0) is 16.1 Å². The number of aryl methyl sites for hydroxylation is 1. The summed E-state index contributed by atoms with van der Waals surface area (Å²) in [5.74, 6) is 0.252. The van der Waals surface area contributed by atoms with Crippen molar-refractivity contribution < 1.29 is 24.9 Å². The third-order valence-electron chi connectivity index (χ3n) is 5.69. The van der Waals surface area contributed by atoms with E-state index >= 15 is 0 Å². The number of rotatable bonds is 8. The number of aliphatic hydroxyl groups excluding tert-OH is 3. The zero-order valence-electron chi connectivity index (χ0n) is 18.6. The molecule has 176 valence electrons. The molecule has 10 heteroatoms. The molecule has 0 bridgehead atoms. The molecule has 9 nitrogen and oxygen atoms in total. The standard InChI is InChI=1S/C22H32N4O5S/c1-4-5-6-11-25-20(15-9-7-13(2)8-10-15)24-26(22(25)32)21-17(23-14(3)28)19(30)18(29)16(12-27)31-21/h7-10,16-19,21,27,29-30H,4-6,11-12H2,1-3H3,(H,23,28)/t16-,17+,18+,19-,21-/m1/s1. The van der Waals surface area contributed by atoms with Gasteiger partial charge in [0.1, 0.15) is 24.4 Å². The van der Waals surface area contributed by atoms with Crippen molar-refractivity contribution in [2.45, 2.75) is 77.2 Å². The number of nitrogens with zero attached hydrogens (tertiary/aromatic N) is 3. The fourth-order valence-corrected chi connectivity index (χ4v) is 4.24. The molecule has 1 aromatic heterocycles. The van der Waals surface area contributed by atoms with Gasteiger partial charge in [0.2, 0.25) is 10.7 Å². The Bertz CT molecular complexity index is 974. The van der Waals surface area contributed by atoms with Crippen LogP contribution >= 0.6 is 12.2 Å². The number of amides is 1. The van der Waals surface area contributed by atoms with E-state index in [0.717, 1.165) is 30.4 Å². The Kier molecular flexibility index (Phi) is 8.18. The molecule has 0 radical (unpaired) electrons. The average Bonchev–Trinajstić information content (AvgIpc) is 3.08. The highest BCUT2D eigenvalue weighted by atomic mass is 32.1. The number of nitrogens with one attached hydrogen (secondary N) is 1. The highest BCUT2D eigenvalue weighted by Gasteiger charge is 2.46. The molecule has 1 fully saturated rings. The van der Waals surface area contributed by atoms with Crippen molar-refractivity contribution in [1.29, 1.82) is 0 Å². The number of carbonyl (C=O) groups excluding carboxylic acids is 1. The lowest BCUT2D eigenvalue weighted by Crippen LogP contribution is -2.62. The quantitative estimate of drug-likeness (QED) is 0.346. The maximum Gasteiger partial charge on any atom is 0.217 e. The smallest absolute Gasteiger partial charge is 0.217 e. The summed E-state index contributed by atoms with van der Waals surface area (Å²) in [6, 6.07) is 6.92. The second kappa shape index (κ2) is 10.7. The Labute approximate surface area is 192 Å². The summed E-state index contributed by atoms with van der Waals surface area (Å²) < 4.78 is 9.64. The second-order valence-electron chi connectivity index (χ2n) is 8.23. The first-order valence-electron chi connectivity index (χ1n) is 10.9. The lowest BCUT2D eigenvalue weighted by atomic mass is 9.96. The molecule has 5 atom stereocenters. The highest BCUT2D eigenvalue weighted by molar-refractivity contribution is 7.71. The van der Waals surface area contributed by atoms with E-state index < -0.39 is 43.1 Å². The van der Waals surface area contributed by atoms with Crippen LogP contribution in [0.25, 0.3) is 11.4 Å². The van der Waals surface area contributed by atoms with Crippen LogP contribution in [0.15, 0.2) is 24.3 Å². The third-order valence-corrected chi connectivity index (χ3v) is 6.10. The summed E-state index contributed by atoms with van der Waals surface area (Å²) in [6.07, 6.45) is -1.79. The Morgan fingerprint density at radius 1 is 1.22 bits per heavy atom. The number of ether oxygens (including phenoxy) is 1. The predicted octanol–water partition coefficient (Wildman–Crippen LogP) is 1.70. The zero-order valence-corrected chi connectivity index (χ0v) is 19.5. The average molecular weight is 465 g/mol. The minimum absolute atomic E-state index is 0.373. The number of hydrogen-bond acceptors (Lipinski definition) is 7. The molecule has 0 saturated carbocycles. The normalized spacial score (nSPS) is 25.6. The minimum Gasteiger partial charge on any atom is -0.394 e. The lowest BCUT2D eigenvalue weighted by molar-refractivity contribution is -0.219. The zero-order chi connectivity index (χ0) is 23.4. The molecule has 0 unspecified atom stereocenters. The van der Waals surface area contributed by atoms with Crippen molar-refractivity contribution in [3.63, 3.8) is 0 Å². The van der Waals surface area contributed by atoms with Gasteiger partial charge in [0.15, 0.2) is 12.1 Å². The van der Waals surface area contributed by atoms with Crippen LogP contribution in [0.2, 0.25) is 0 Å². The first-order valence-corrected chi connectivity index (χ1v) is 11.3. The van der Waals surface area contributed by atoms with Crippen LogP contribution in [0.4, 0.5) is 0 Å². The molecular formula is C22H32N4O5S. The Morgan fingerprint density at radius 3 is 2.50 bits per heavy atom. The number of carbonyl (C=O) groups is 1. The van der Waals surface area contributed by atoms with Gasteiger partial charge >= 0.3 is 0 Å². The van der Waals surface area contributed by atoms with Crippen molar-refractivity contribution in [1.82, 2.24) is 19.7 Å². The van der Waals surface area contributed by atoms with Gasteiger partial charge in [0, 0.05) is 19.0 Å². The fourth-order valence-electron chi connectivity index (χ4n) is 3.91. The number of hydrogen-bond donors (Lipinski definition) is 4. The van der Waals surface area contributed by atoms with Crippen LogP contribution in [0.1, 0.15) is 44.9 Å². The summed E-state index contributed by atoms with van der Waals surface area (Å²) in [4.78, 5) is 11.8. The highest BCUT2D eigenvalue weighted by Crippen LogP contribution is 2.30. The van der Waals surface area contributed by atoms with E-state index in [2.05, 4.69) is 12.2 Å². The Morgan fingerprint density at radius 2 is 1.91 bits per heavy atom. The van der Waals surface area contributed by atoms with Crippen molar-refractivity contribution in [2.75, 3.05) is 6.61 Å². The monoisotopic (exact) mass is 464 g/mol. The molecule has 1 saturated heterocycles. The number of aromatic nitrogens is 3. The van der Waals surface area contributed by atoms with Gasteiger partial charge in [-0.05, 0) is 25.6 Å². The molecule has 3 rings (SSSR count).